The van der Waals surface area contributed by atoms with Crippen LogP contribution in [0, 0.1) is 0 Å². The van der Waals surface area contributed by atoms with E-state index in [9.17, 15) is 0 Å². The molecule has 0 fully saturated rings. The lowest BCUT2D eigenvalue weighted by atomic mass is 10.2. The highest BCUT2D eigenvalue weighted by molar-refractivity contribution is 5.37. The molecule has 0 saturated heterocycles. The van der Waals surface area contributed by atoms with E-state index in [0.29, 0.717) is 5.95 Å². The van der Waals surface area contributed by atoms with E-state index in [0.717, 1.165) is 55.1 Å². The molecule has 0 aliphatic carbocycles. The number of hydrogen-bond donors (Lipinski definition) is 1. The van der Waals surface area contributed by atoms with Gasteiger partial charge in [-0.05, 0) is 31.4 Å². The minimum absolute atomic E-state index is 0.602. The Kier molecular flexibility index (Phi) is 4.75. The second kappa shape index (κ2) is 7.13. The number of pyridine rings is 1. The standard InChI is InChI=1S/C16H21N7/c1-3-12-13(4-2)19-22-16(18-12)17-10-7-9-15-21-20-14-8-5-6-11-23(14)15/h5-6,8,11H,3-4,7,9-10H2,1-2H3,(H,17,18,22). The van der Waals surface area contributed by atoms with E-state index in [1.807, 2.05) is 28.8 Å². The predicted molar refractivity (Wildman–Crippen MR) is 88.4 cm³/mol. The Morgan fingerprint density at radius 1 is 1.00 bits per heavy atom. The van der Waals surface area contributed by atoms with Crippen LogP contribution < -0.4 is 5.32 Å². The molecule has 0 amide bonds. The van der Waals surface area contributed by atoms with Crippen LogP contribution in [0.15, 0.2) is 24.4 Å². The van der Waals surface area contributed by atoms with Crippen molar-refractivity contribution in [1.82, 2.24) is 29.8 Å². The van der Waals surface area contributed by atoms with Gasteiger partial charge in [0.2, 0.25) is 5.95 Å². The molecule has 0 atom stereocenters. The van der Waals surface area contributed by atoms with E-state index in [1.54, 1.807) is 0 Å². The van der Waals surface area contributed by atoms with Crippen LogP contribution in [-0.2, 0) is 19.3 Å². The average Bonchev–Trinajstić information content (AvgIpc) is 3.01. The average molecular weight is 311 g/mol. The molecule has 7 nitrogen and oxygen atoms in total. The van der Waals surface area contributed by atoms with Crippen molar-refractivity contribution in [3.63, 3.8) is 0 Å². The number of aromatic nitrogens is 6. The zero-order chi connectivity index (χ0) is 16.1. The number of aryl methyl sites for hydroxylation is 3. The highest BCUT2D eigenvalue weighted by atomic mass is 15.3. The molecule has 1 N–H and O–H groups in total. The fraction of sp³-hybridized carbons (Fsp3) is 0.438. The summed E-state index contributed by atoms with van der Waals surface area (Å²) in [6.07, 6.45) is 5.50. The summed E-state index contributed by atoms with van der Waals surface area (Å²) in [5.41, 5.74) is 2.88. The maximum atomic E-state index is 4.53. The molecule has 0 aliphatic heterocycles. The van der Waals surface area contributed by atoms with Gasteiger partial charge < -0.3 is 5.32 Å². The first-order chi connectivity index (χ1) is 11.3. The Hall–Kier alpha value is -2.57. The van der Waals surface area contributed by atoms with Crippen molar-refractivity contribution < 1.29 is 0 Å². The summed E-state index contributed by atoms with van der Waals surface area (Å²) < 4.78 is 2.02. The molecule has 3 rings (SSSR count). The van der Waals surface area contributed by atoms with Crippen molar-refractivity contribution in [3.8, 4) is 0 Å². The zero-order valence-corrected chi connectivity index (χ0v) is 13.5. The molecular weight excluding hydrogens is 290 g/mol. The topological polar surface area (TPSA) is 80.9 Å². The Balaban J connectivity index is 1.55. The molecule has 0 bridgehead atoms. The summed E-state index contributed by atoms with van der Waals surface area (Å²) >= 11 is 0. The SMILES string of the molecule is CCc1nnc(NCCCc2nnc3ccccn23)nc1CC. The van der Waals surface area contributed by atoms with E-state index in [-0.39, 0.29) is 0 Å². The van der Waals surface area contributed by atoms with Crippen molar-refractivity contribution in [2.75, 3.05) is 11.9 Å². The monoisotopic (exact) mass is 311 g/mol. The number of nitrogens with zero attached hydrogens (tertiary/aromatic N) is 6. The lowest BCUT2D eigenvalue weighted by Crippen LogP contribution is -2.11. The number of anilines is 1. The Morgan fingerprint density at radius 3 is 2.70 bits per heavy atom. The van der Waals surface area contributed by atoms with Crippen molar-refractivity contribution in [1.29, 1.82) is 0 Å². The molecule has 120 valence electrons. The van der Waals surface area contributed by atoms with Gasteiger partial charge in [0.15, 0.2) is 5.65 Å². The van der Waals surface area contributed by atoms with Crippen molar-refractivity contribution in [2.24, 2.45) is 0 Å². The third kappa shape index (κ3) is 3.44. The van der Waals surface area contributed by atoms with Crippen molar-refractivity contribution >= 4 is 11.6 Å². The minimum Gasteiger partial charge on any atom is -0.353 e. The number of hydrogen-bond acceptors (Lipinski definition) is 6. The fourth-order valence-corrected chi connectivity index (χ4v) is 2.52. The smallest absolute Gasteiger partial charge is 0.242 e. The van der Waals surface area contributed by atoms with E-state index >= 15 is 0 Å². The van der Waals surface area contributed by atoms with Crippen LogP contribution in [0.1, 0.15) is 37.5 Å². The molecule has 7 heteroatoms. The van der Waals surface area contributed by atoms with Crippen LogP contribution in [0.3, 0.4) is 0 Å². The van der Waals surface area contributed by atoms with Gasteiger partial charge in [0.1, 0.15) is 5.82 Å². The maximum Gasteiger partial charge on any atom is 0.242 e. The van der Waals surface area contributed by atoms with Gasteiger partial charge in [0, 0.05) is 19.2 Å². The third-order valence-corrected chi connectivity index (χ3v) is 3.75. The lowest BCUT2D eigenvalue weighted by molar-refractivity contribution is 0.770. The third-order valence-electron chi connectivity index (χ3n) is 3.75. The maximum absolute atomic E-state index is 4.53. The Labute approximate surface area is 135 Å². The quantitative estimate of drug-likeness (QED) is 0.673. The first kappa shape index (κ1) is 15.3. The molecule has 0 spiro atoms. The normalized spacial score (nSPS) is 11.0. The van der Waals surface area contributed by atoms with Crippen LogP contribution in [-0.4, -0.2) is 36.3 Å². The number of nitrogens with one attached hydrogen (secondary N) is 1. The minimum atomic E-state index is 0.602. The molecule has 0 radical (unpaired) electrons. The molecule has 0 unspecified atom stereocenters. The summed E-state index contributed by atoms with van der Waals surface area (Å²) in [4.78, 5) is 4.53. The molecule has 0 aliphatic rings. The molecule has 0 aromatic carbocycles. The largest absolute Gasteiger partial charge is 0.353 e. The zero-order valence-electron chi connectivity index (χ0n) is 13.5. The van der Waals surface area contributed by atoms with Gasteiger partial charge in [0.05, 0.1) is 11.4 Å². The highest BCUT2D eigenvalue weighted by Crippen LogP contribution is 2.08. The van der Waals surface area contributed by atoms with Gasteiger partial charge in [-0.2, -0.15) is 5.10 Å². The van der Waals surface area contributed by atoms with E-state index in [2.05, 4.69) is 44.5 Å². The molecule has 3 aromatic heterocycles. The first-order valence-corrected chi connectivity index (χ1v) is 8.06. The molecule has 3 heterocycles. The second-order valence-corrected chi connectivity index (χ2v) is 5.31. The van der Waals surface area contributed by atoms with Gasteiger partial charge in [-0.15, -0.1) is 15.3 Å². The van der Waals surface area contributed by atoms with Crippen LogP contribution in [0.4, 0.5) is 5.95 Å². The Bertz CT molecular complexity index is 781. The Morgan fingerprint density at radius 2 is 1.87 bits per heavy atom. The molecule has 3 aromatic rings. The summed E-state index contributed by atoms with van der Waals surface area (Å²) in [6.45, 7) is 4.93. The van der Waals surface area contributed by atoms with Gasteiger partial charge in [-0.1, -0.05) is 19.9 Å². The molecule has 23 heavy (non-hydrogen) atoms. The van der Waals surface area contributed by atoms with Gasteiger partial charge in [-0.3, -0.25) is 4.40 Å². The highest BCUT2D eigenvalue weighted by Gasteiger charge is 2.07. The van der Waals surface area contributed by atoms with E-state index in [1.165, 1.54) is 0 Å². The van der Waals surface area contributed by atoms with Gasteiger partial charge in [0.25, 0.3) is 0 Å². The summed E-state index contributed by atoms with van der Waals surface area (Å²) in [5.74, 6) is 1.57. The van der Waals surface area contributed by atoms with Crippen LogP contribution in [0.5, 0.6) is 0 Å². The number of rotatable bonds is 7. The predicted octanol–water partition coefficient (Wildman–Crippen LogP) is 2.08. The van der Waals surface area contributed by atoms with Crippen molar-refractivity contribution in [3.05, 3.63) is 41.6 Å². The molecular formula is C16H21N7. The van der Waals surface area contributed by atoms with Gasteiger partial charge in [-0.25, -0.2) is 4.98 Å². The van der Waals surface area contributed by atoms with Crippen molar-refractivity contribution in [2.45, 2.75) is 39.5 Å². The summed E-state index contributed by atoms with van der Waals surface area (Å²) in [6, 6.07) is 5.90. The fourth-order valence-electron chi connectivity index (χ4n) is 2.52. The summed E-state index contributed by atoms with van der Waals surface area (Å²) in [5, 5.41) is 20.0. The molecule has 0 saturated carbocycles. The lowest BCUT2D eigenvalue weighted by Gasteiger charge is -2.07. The number of fused-ring (bicyclic) bond motifs is 1. The second-order valence-electron chi connectivity index (χ2n) is 5.31. The van der Waals surface area contributed by atoms with Crippen LogP contribution >= 0.6 is 0 Å². The first-order valence-electron chi connectivity index (χ1n) is 8.06. The van der Waals surface area contributed by atoms with Crippen LogP contribution in [0.2, 0.25) is 0 Å². The van der Waals surface area contributed by atoms with Crippen LogP contribution in [0.25, 0.3) is 5.65 Å². The van der Waals surface area contributed by atoms with Gasteiger partial charge >= 0.3 is 0 Å². The van der Waals surface area contributed by atoms with E-state index < -0.39 is 0 Å². The summed E-state index contributed by atoms with van der Waals surface area (Å²) in [7, 11) is 0. The van der Waals surface area contributed by atoms with E-state index in [4.69, 9.17) is 0 Å².